The molecule has 4 heteroatoms. The fraction of sp³-hybridized carbons (Fsp3) is 0. The monoisotopic (exact) mass is 249 g/mol. The number of rotatable bonds is 2. The summed E-state index contributed by atoms with van der Waals surface area (Å²) in [5.74, 6) is -0.367. The molecule has 2 aromatic rings. The van der Waals surface area contributed by atoms with Gasteiger partial charge in [0.1, 0.15) is 5.82 Å². The van der Waals surface area contributed by atoms with Gasteiger partial charge >= 0.3 is 0 Å². The van der Waals surface area contributed by atoms with E-state index in [-0.39, 0.29) is 5.82 Å². The first kappa shape index (κ1) is 11.6. The predicted molar refractivity (Wildman–Crippen MR) is 66.3 cm³/mol. The second-order valence-corrected chi connectivity index (χ2v) is 3.92. The van der Waals surface area contributed by atoms with Gasteiger partial charge in [-0.15, -0.1) is 0 Å². The van der Waals surface area contributed by atoms with Gasteiger partial charge in [0.25, 0.3) is 0 Å². The van der Waals surface area contributed by atoms with Crippen LogP contribution in [0, 0.1) is 11.0 Å². The van der Waals surface area contributed by atoms with E-state index in [1.807, 2.05) is 0 Å². The highest BCUT2D eigenvalue weighted by atomic mass is 35.5. The fourth-order valence-corrected chi connectivity index (χ4v) is 1.47. The van der Waals surface area contributed by atoms with Gasteiger partial charge in [-0.25, -0.2) is 4.39 Å². The summed E-state index contributed by atoms with van der Waals surface area (Å²) in [4.78, 5) is 0. The molecule has 0 radical (unpaired) electrons. The van der Waals surface area contributed by atoms with Crippen molar-refractivity contribution in [1.82, 2.24) is 0 Å². The van der Waals surface area contributed by atoms with Crippen molar-refractivity contribution in [2.75, 3.05) is 0 Å². The van der Waals surface area contributed by atoms with E-state index >= 15 is 0 Å². The summed E-state index contributed by atoms with van der Waals surface area (Å²) in [5, 5.41) is 12.3. The quantitative estimate of drug-likeness (QED) is 0.345. The van der Waals surface area contributed by atoms with Crippen molar-refractivity contribution in [3.63, 3.8) is 0 Å². The van der Waals surface area contributed by atoms with Crippen LogP contribution in [0.15, 0.2) is 48.5 Å². The zero-order valence-corrected chi connectivity index (χ0v) is 9.56. The Balaban J connectivity index is 2.27. The summed E-state index contributed by atoms with van der Waals surface area (Å²) in [6.45, 7) is 0. The first-order valence-corrected chi connectivity index (χ1v) is 5.35. The van der Waals surface area contributed by atoms with Crippen molar-refractivity contribution in [3.8, 4) is 0 Å². The molecule has 0 amide bonds. The summed E-state index contributed by atoms with van der Waals surface area (Å²) < 4.78 is 13.4. The van der Waals surface area contributed by atoms with Gasteiger partial charge in [-0.3, -0.25) is 0 Å². The van der Waals surface area contributed by atoms with Gasteiger partial charge in [0.2, 0.25) is 5.69 Å². The van der Waals surface area contributed by atoms with E-state index in [1.54, 1.807) is 24.3 Å². The molecular formula is C13H9ClFNO. The van der Waals surface area contributed by atoms with Gasteiger partial charge < -0.3 is 5.21 Å². The third kappa shape index (κ3) is 3.04. The van der Waals surface area contributed by atoms with Crippen LogP contribution in [0.2, 0.25) is 5.02 Å². The molecule has 2 rings (SSSR count). The highest BCUT2D eigenvalue weighted by molar-refractivity contribution is 6.30. The molecule has 0 fully saturated rings. The Bertz CT molecular complexity index is 534. The minimum atomic E-state index is -0.367. The molecule has 0 aromatic heterocycles. The molecule has 0 atom stereocenters. The van der Waals surface area contributed by atoms with Crippen LogP contribution < -0.4 is 0 Å². The summed E-state index contributed by atoms with van der Waals surface area (Å²) in [6.07, 6.45) is 1.41. The van der Waals surface area contributed by atoms with Crippen molar-refractivity contribution < 1.29 is 9.13 Å². The normalized spacial score (nSPS) is 11.5. The van der Waals surface area contributed by atoms with Crippen LogP contribution in [0.5, 0.6) is 0 Å². The number of benzene rings is 2. The van der Waals surface area contributed by atoms with Crippen molar-refractivity contribution in [2.45, 2.75) is 0 Å². The van der Waals surface area contributed by atoms with Crippen LogP contribution >= 0.6 is 11.6 Å². The molecule has 17 heavy (non-hydrogen) atoms. The summed E-state index contributed by atoms with van der Waals surface area (Å²) in [6, 6.07) is 12.2. The van der Waals surface area contributed by atoms with E-state index in [2.05, 4.69) is 0 Å². The molecule has 0 unspecified atom stereocenters. The minimum absolute atomic E-state index is 0.367. The topological polar surface area (TPSA) is 26.1 Å². The van der Waals surface area contributed by atoms with Gasteiger partial charge in [-0.2, -0.15) is 4.74 Å². The first-order chi connectivity index (χ1) is 8.15. The van der Waals surface area contributed by atoms with Crippen LogP contribution in [0.1, 0.15) is 5.56 Å². The van der Waals surface area contributed by atoms with Crippen LogP contribution in [-0.2, 0) is 0 Å². The lowest BCUT2D eigenvalue weighted by molar-refractivity contribution is -0.354. The molecule has 0 aliphatic heterocycles. The van der Waals surface area contributed by atoms with E-state index in [0.29, 0.717) is 15.4 Å². The molecule has 2 aromatic carbocycles. The van der Waals surface area contributed by atoms with Gasteiger partial charge in [-0.1, -0.05) is 11.6 Å². The number of halogens is 2. The third-order valence-corrected chi connectivity index (χ3v) is 2.47. The van der Waals surface area contributed by atoms with E-state index in [9.17, 15) is 9.60 Å². The molecule has 86 valence electrons. The Kier molecular flexibility index (Phi) is 3.40. The van der Waals surface area contributed by atoms with Crippen molar-refractivity contribution in [2.24, 2.45) is 0 Å². The Morgan fingerprint density at radius 2 is 1.59 bits per heavy atom. The zero-order valence-electron chi connectivity index (χ0n) is 8.81. The smallest absolute Gasteiger partial charge is 0.216 e. The van der Waals surface area contributed by atoms with Crippen molar-refractivity contribution in [1.29, 1.82) is 0 Å². The number of nitrogens with zero attached hydrogens (tertiary/aromatic N) is 1. The third-order valence-electron chi connectivity index (χ3n) is 2.22. The van der Waals surface area contributed by atoms with Crippen LogP contribution in [0.3, 0.4) is 0 Å². The van der Waals surface area contributed by atoms with Crippen molar-refractivity contribution >= 4 is 23.5 Å². The first-order valence-electron chi connectivity index (χ1n) is 4.97. The van der Waals surface area contributed by atoms with Gasteiger partial charge in [-0.05, 0) is 36.4 Å². The molecule has 0 saturated carbocycles. The van der Waals surface area contributed by atoms with Crippen molar-refractivity contribution in [3.05, 3.63) is 70.1 Å². The van der Waals surface area contributed by atoms with Gasteiger partial charge in [0.05, 0.1) is 0 Å². The predicted octanol–water partition coefficient (Wildman–Crippen LogP) is 3.74. The van der Waals surface area contributed by atoms with Gasteiger partial charge in [0.15, 0.2) is 6.21 Å². The average Bonchev–Trinajstić information content (AvgIpc) is 2.33. The van der Waals surface area contributed by atoms with E-state index in [1.165, 1.54) is 30.5 Å². The van der Waals surface area contributed by atoms with Gasteiger partial charge in [0, 0.05) is 22.7 Å². The van der Waals surface area contributed by atoms with Crippen LogP contribution in [-0.4, -0.2) is 11.0 Å². The molecule has 0 spiro atoms. The lowest BCUT2D eigenvalue weighted by Gasteiger charge is -2.02. The Labute approximate surface area is 103 Å². The lowest BCUT2D eigenvalue weighted by Crippen LogP contribution is -1.98. The lowest BCUT2D eigenvalue weighted by atomic mass is 10.2. The Morgan fingerprint density at radius 1 is 1.00 bits per heavy atom. The highest BCUT2D eigenvalue weighted by Gasteiger charge is 2.01. The van der Waals surface area contributed by atoms with E-state index in [4.69, 9.17) is 11.6 Å². The number of hydrogen-bond acceptors (Lipinski definition) is 1. The summed E-state index contributed by atoms with van der Waals surface area (Å²) >= 11 is 5.74. The molecule has 0 heterocycles. The van der Waals surface area contributed by atoms with E-state index in [0.717, 1.165) is 5.56 Å². The molecule has 0 aliphatic carbocycles. The maximum Gasteiger partial charge on any atom is 0.216 e. The average molecular weight is 250 g/mol. The Morgan fingerprint density at radius 3 is 2.18 bits per heavy atom. The zero-order chi connectivity index (χ0) is 12.3. The molecule has 0 saturated heterocycles. The minimum Gasteiger partial charge on any atom is -0.618 e. The molecule has 2 nitrogen and oxygen atoms in total. The standard InChI is InChI=1S/C13H9ClFNO/c14-11-3-1-10(2-4-11)9-16(17)13-7-5-12(15)6-8-13/h1-9H/b16-9-. The fourth-order valence-electron chi connectivity index (χ4n) is 1.35. The largest absolute Gasteiger partial charge is 0.618 e. The highest BCUT2D eigenvalue weighted by Crippen LogP contribution is 2.12. The van der Waals surface area contributed by atoms with Crippen LogP contribution in [0.4, 0.5) is 10.1 Å². The van der Waals surface area contributed by atoms with Crippen LogP contribution in [0.25, 0.3) is 0 Å². The summed E-state index contributed by atoms with van der Waals surface area (Å²) in [7, 11) is 0. The van der Waals surface area contributed by atoms with E-state index < -0.39 is 0 Å². The molecule has 0 bridgehead atoms. The second kappa shape index (κ2) is 4.97. The molecular weight excluding hydrogens is 241 g/mol. The second-order valence-electron chi connectivity index (χ2n) is 3.48. The molecule has 0 N–H and O–H groups in total. The maximum absolute atomic E-state index is 12.7. The SMILES string of the molecule is [O-]/[N+](=C\c1ccc(Cl)cc1)c1ccc(F)cc1. The maximum atomic E-state index is 12.7. The Hall–Kier alpha value is -1.87. The molecule has 0 aliphatic rings. The number of hydrogen-bond donors (Lipinski definition) is 0. The summed E-state index contributed by atoms with van der Waals surface area (Å²) in [5.41, 5.74) is 1.11.